The molecule has 0 saturated carbocycles. The summed E-state index contributed by atoms with van der Waals surface area (Å²) in [5.41, 5.74) is 0.975. The van der Waals surface area contributed by atoms with Crippen LogP contribution in [0.4, 0.5) is 0 Å². The zero-order valence-corrected chi connectivity index (χ0v) is 12.1. The lowest BCUT2D eigenvalue weighted by atomic mass is 10.0. The van der Waals surface area contributed by atoms with E-state index in [1.54, 1.807) is 19.3 Å². The molecule has 6 nitrogen and oxygen atoms in total. The summed E-state index contributed by atoms with van der Waals surface area (Å²) in [6, 6.07) is 9.78. The van der Waals surface area contributed by atoms with E-state index in [1.807, 2.05) is 18.2 Å². The minimum atomic E-state index is -0.484. The number of benzene rings is 1. The van der Waals surface area contributed by atoms with Crippen LogP contribution in [0.2, 0.25) is 0 Å². The van der Waals surface area contributed by atoms with Crippen LogP contribution in [-0.2, 0) is 4.84 Å². The van der Waals surface area contributed by atoms with Gasteiger partial charge in [-0.2, -0.15) is 15.6 Å². The smallest absolute Gasteiger partial charge is 0.167 e. The van der Waals surface area contributed by atoms with Gasteiger partial charge in [-0.15, -0.1) is 0 Å². The summed E-state index contributed by atoms with van der Waals surface area (Å²) in [6.45, 7) is 0.466. The third kappa shape index (κ3) is 3.25. The highest BCUT2D eigenvalue weighted by atomic mass is 16.7. The van der Waals surface area contributed by atoms with Crippen LogP contribution in [-0.4, -0.2) is 31.9 Å². The second kappa shape index (κ2) is 6.94. The summed E-state index contributed by atoms with van der Waals surface area (Å²) < 4.78 is 10.5. The molecule has 0 amide bonds. The van der Waals surface area contributed by atoms with Crippen LogP contribution in [0.25, 0.3) is 0 Å². The van der Waals surface area contributed by atoms with Crippen molar-refractivity contribution in [2.45, 2.75) is 25.0 Å². The molecule has 2 atom stereocenters. The van der Waals surface area contributed by atoms with Crippen LogP contribution in [0, 0.1) is 22.7 Å². The second-order valence-corrected chi connectivity index (χ2v) is 4.64. The number of ether oxygens (including phenoxy) is 2. The van der Waals surface area contributed by atoms with Gasteiger partial charge >= 0.3 is 0 Å². The van der Waals surface area contributed by atoms with Gasteiger partial charge in [0, 0.05) is 13.0 Å². The predicted molar refractivity (Wildman–Crippen MR) is 74.3 cm³/mol. The molecule has 1 aliphatic heterocycles. The zero-order chi connectivity index (χ0) is 15.2. The van der Waals surface area contributed by atoms with E-state index in [0.717, 1.165) is 5.56 Å². The Morgan fingerprint density at radius 1 is 1.29 bits per heavy atom. The monoisotopic (exact) mass is 287 g/mol. The molecule has 0 aliphatic carbocycles. The number of methoxy groups -OCH3 is 2. The van der Waals surface area contributed by atoms with Crippen LogP contribution in [0.3, 0.4) is 0 Å². The van der Waals surface area contributed by atoms with Gasteiger partial charge in [0.15, 0.2) is 17.6 Å². The van der Waals surface area contributed by atoms with E-state index in [1.165, 1.54) is 0 Å². The fourth-order valence-electron chi connectivity index (χ4n) is 2.41. The molecule has 0 unspecified atom stereocenters. The second-order valence-electron chi connectivity index (χ2n) is 4.64. The van der Waals surface area contributed by atoms with E-state index in [0.29, 0.717) is 30.9 Å². The van der Waals surface area contributed by atoms with E-state index < -0.39 is 6.10 Å². The summed E-state index contributed by atoms with van der Waals surface area (Å²) in [4.78, 5) is 5.56. The lowest BCUT2D eigenvalue weighted by molar-refractivity contribution is -0.148. The van der Waals surface area contributed by atoms with E-state index in [-0.39, 0.29) is 6.04 Å². The summed E-state index contributed by atoms with van der Waals surface area (Å²) in [5.74, 6) is 1.29. The molecular weight excluding hydrogens is 270 g/mol. The lowest BCUT2D eigenvalue weighted by Crippen LogP contribution is -2.23. The van der Waals surface area contributed by atoms with Gasteiger partial charge in [-0.1, -0.05) is 6.07 Å². The van der Waals surface area contributed by atoms with Crippen LogP contribution in [0.15, 0.2) is 18.2 Å². The molecule has 0 N–H and O–H groups in total. The predicted octanol–water partition coefficient (Wildman–Crippen LogP) is 2.19. The minimum Gasteiger partial charge on any atom is -0.493 e. The molecule has 1 aromatic carbocycles. The summed E-state index contributed by atoms with van der Waals surface area (Å²) in [6.07, 6.45) is 0.432. The normalized spacial score (nSPS) is 21.5. The van der Waals surface area contributed by atoms with Crippen molar-refractivity contribution in [1.29, 1.82) is 10.5 Å². The van der Waals surface area contributed by atoms with Crippen LogP contribution < -0.4 is 9.47 Å². The van der Waals surface area contributed by atoms with Crippen LogP contribution in [0.5, 0.6) is 11.5 Å². The Morgan fingerprint density at radius 2 is 2.05 bits per heavy atom. The molecule has 0 radical (unpaired) electrons. The number of nitrogens with zero attached hydrogens (tertiary/aromatic N) is 3. The van der Waals surface area contributed by atoms with Crippen LogP contribution in [0.1, 0.15) is 24.4 Å². The quantitative estimate of drug-likeness (QED) is 0.826. The van der Waals surface area contributed by atoms with Crippen molar-refractivity contribution >= 4 is 0 Å². The Balaban J connectivity index is 2.25. The highest BCUT2D eigenvalue weighted by molar-refractivity contribution is 5.44. The molecule has 6 heteroatoms. The van der Waals surface area contributed by atoms with Gasteiger partial charge in [0.1, 0.15) is 0 Å². The molecule has 1 saturated heterocycles. The first-order valence-corrected chi connectivity index (χ1v) is 6.65. The third-order valence-electron chi connectivity index (χ3n) is 3.43. The van der Waals surface area contributed by atoms with Crippen molar-refractivity contribution in [2.75, 3.05) is 20.8 Å². The first-order valence-electron chi connectivity index (χ1n) is 6.65. The van der Waals surface area contributed by atoms with Crippen molar-refractivity contribution in [2.24, 2.45) is 0 Å². The SMILES string of the molecule is COc1ccc([C@H]2C[C@@H](C#N)ON2CCC#N)cc1OC. The summed E-state index contributed by atoms with van der Waals surface area (Å²) in [5, 5.41) is 19.5. The average Bonchev–Trinajstić information content (AvgIpc) is 2.95. The maximum absolute atomic E-state index is 9.05. The molecule has 1 heterocycles. The third-order valence-corrected chi connectivity index (χ3v) is 3.43. The van der Waals surface area contributed by atoms with Gasteiger partial charge in [-0.3, -0.25) is 4.84 Å². The molecule has 0 spiro atoms. The van der Waals surface area contributed by atoms with Crippen molar-refractivity contribution in [1.82, 2.24) is 5.06 Å². The maximum atomic E-state index is 9.05. The number of hydrogen-bond donors (Lipinski definition) is 0. The molecular formula is C15H17N3O3. The Hall–Kier alpha value is -2.28. The van der Waals surface area contributed by atoms with Gasteiger partial charge in [0.2, 0.25) is 0 Å². The maximum Gasteiger partial charge on any atom is 0.167 e. The fraction of sp³-hybridized carbons (Fsp3) is 0.467. The molecule has 1 aromatic rings. The number of hydroxylamine groups is 2. The van der Waals surface area contributed by atoms with Gasteiger partial charge < -0.3 is 9.47 Å². The Labute approximate surface area is 124 Å². The highest BCUT2D eigenvalue weighted by Crippen LogP contribution is 2.37. The molecule has 110 valence electrons. The molecule has 21 heavy (non-hydrogen) atoms. The average molecular weight is 287 g/mol. The van der Waals surface area contributed by atoms with Crippen molar-refractivity contribution in [3.05, 3.63) is 23.8 Å². The minimum absolute atomic E-state index is 0.0668. The first kappa shape index (κ1) is 15.1. The van der Waals surface area contributed by atoms with Gasteiger partial charge in [-0.25, -0.2) is 0 Å². The molecule has 1 aliphatic rings. The Bertz CT molecular complexity index is 577. The standard InChI is InChI=1S/C15H17N3O3/c1-19-14-5-4-11(8-15(14)20-2)13-9-12(10-17)21-18(13)7-3-6-16/h4-5,8,12-13H,3,7,9H2,1-2H3/t12-,13+/m0/s1. The van der Waals surface area contributed by atoms with Crippen molar-refractivity contribution < 1.29 is 14.3 Å². The van der Waals surface area contributed by atoms with Crippen molar-refractivity contribution in [3.63, 3.8) is 0 Å². The lowest BCUT2D eigenvalue weighted by Gasteiger charge is -2.22. The highest BCUT2D eigenvalue weighted by Gasteiger charge is 2.34. The molecule has 2 rings (SSSR count). The van der Waals surface area contributed by atoms with Gasteiger partial charge in [-0.05, 0) is 17.7 Å². The topological polar surface area (TPSA) is 78.5 Å². The zero-order valence-electron chi connectivity index (χ0n) is 12.1. The molecule has 0 aromatic heterocycles. The van der Waals surface area contributed by atoms with E-state index in [4.69, 9.17) is 24.8 Å². The number of rotatable bonds is 5. The van der Waals surface area contributed by atoms with E-state index in [9.17, 15) is 0 Å². The van der Waals surface area contributed by atoms with Gasteiger partial charge in [0.25, 0.3) is 0 Å². The number of nitriles is 2. The first-order chi connectivity index (χ1) is 10.2. The number of hydrogen-bond acceptors (Lipinski definition) is 6. The van der Waals surface area contributed by atoms with Crippen molar-refractivity contribution in [3.8, 4) is 23.6 Å². The van der Waals surface area contributed by atoms with Gasteiger partial charge in [0.05, 0.1) is 38.8 Å². The van der Waals surface area contributed by atoms with Crippen LogP contribution >= 0.6 is 0 Å². The Morgan fingerprint density at radius 3 is 2.67 bits per heavy atom. The molecule has 1 fully saturated rings. The summed E-state index contributed by atoms with van der Waals surface area (Å²) >= 11 is 0. The molecule has 0 bridgehead atoms. The largest absolute Gasteiger partial charge is 0.493 e. The van der Waals surface area contributed by atoms with E-state index in [2.05, 4.69) is 12.1 Å². The summed E-state index contributed by atoms with van der Waals surface area (Å²) in [7, 11) is 3.17. The Kier molecular flexibility index (Phi) is 4.99. The fourth-order valence-corrected chi connectivity index (χ4v) is 2.41. The van der Waals surface area contributed by atoms with E-state index >= 15 is 0 Å².